The molecule has 3 rings (SSSR count). The van der Waals surface area contributed by atoms with Crippen molar-refractivity contribution in [2.45, 2.75) is 21.3 Å². The van der Waals surface area contributed by atoms with Crippen molar-refractivity contribution in [2.24, 2.45) is 0 Å². The third-order valence-corrected chi connectivity index (χ3v) is 5.91. The highest BCUT2D eigenvalue weighted by Crippen LogP contribution is 2.45. The molecule has 2 heterocycles. The fourth-order valence-corrected chi connectivity index (χ4v) is 5.05. The number of nitrogens with one attached hydrogen (secondary N) is 1. The summed E-state index contributed by atoms with van der Waals surface area (Å²) >= 11 is 3.10. The number of carboxylic acid groups (broad SMARTS) is 1. The normalized spacial score (nSPS) is 23.0. The van der Waals surface area contributed by atoms with Crippen LogP contribution >= 0.6 is 23.5 Å². The molecule has 112 valence electrons. The number of anilines is 1. The van der Waals surface area contributed by atoms with E-state index in [4.69, 9.17) is 5.26 Å². The van der Waals surface area contributed by atoms with E-state index in [9.17, 15) is 14.7 Å². The second-order valence-corrected chi connectivity index (χ2v) is 7.50. The Morgan fingerprint density at radius 3 is 2.77 bits per heavy atom. The largest absolute Gasteiger partial charge is 0.477 e. The number of fused-ring (bicyclic) bond motifs is 1. The van der Waals surface area contributed by atoms with Gasteiger partial charge in [-0.25, -0.2) is 4.79 Å². The first-order valence-electron chi connectivity index (χ1n) is 6.43. The van der Waals surface area contributed by atoms with Crippen molar-refractivity contribution in [3.63, 3.8) is 0 Å². The van der Waals surface area contributed by atoms with E-state index in [1.165, 1.54) is 16.7 Å². The number of benzene rings is 1. The summed E-state index contributed by atoms with van der Waals surface area (Å²) in [5.41, 5.74) is 0.779. The summed E-state index contributed by atoms with van der Waals surface area (Å²) in [7, 11) is 0. The summed E-state index contributed by atoms with van der Waals surface area (Å²) in [6.07, 6.45) is 3.86. The number of aliphatic carboxylic acids is 1. The summed E-state index contributed by atoms with van der Waals surface area (Å²) in [5, 5.41) is 20.2. The first kappa shape index (κ1) is 14.8. The summed E-state index contributed by atoms with van der Waals surface area (Å²) in [4.78, 5) is 25.1. The summed E-state index contributed by atoms with van der Waals surface area (Å²) in [6.45, 7) is 0. The highest BCUT2D eigenvalue weighted by molar-refractivity contribution is 8.17. The molecule has 1 aromatic carbocycles. The summed E-state index contributed by atoms with van der Waals surface area (Å²) in [5.74, 6) is -1.21. The highest BCUT2D eigenvalue weighted by atomic mass is 32.2. The molecule has 2 N–H and O–H groups in total. The quantitative estimate of drug-likeness (QED) is 0.496. The Bertz CT molecular complexity index is 696. The SMILES string of the molecule is N#CNc1ccc(SC2C=C(C(=O)O)N3C(=O)C[C@H]3S2)cc1. The number of rotatable bonds is 4. The number of thioether (sulfide) groups is 2. The molecule has 0 bridgehead atoms. The lowest BCUT2D eigenvalue weighted by atomic mass is 10.1. The standard InChI is InChI=1S/C14H11N3O3S2/c15-7-16-8-1-3-9(4-2-8)21-13-5-10(14(19)20)17-11(18)6-12(17)22-13/h1-5,12-13,16H,6H2,(H,19,20)/t12-,13?/m1/s1. The molecule has 1 saturated heterocycles. The van der Waals surface area contributed by atoms with Crippen LogP contribution < -0.4 is 5.32 Å². The predicted octanol–water partition coefficient (Wildman–Crippen LogP) is 2.27. The van der Waals surface area contributed by atoms with Crippen LogP contribution in [0.5, 0.6) is 0 Å². The van der Waals surface area contributed by atoms with Crippen molar-refractivity contribution >= 4 is 41.1 Å². The van der Waals surface area contributed by atoms with Crippen LogP contribution in [-0.4, -0.2) is 31.8 Å². The number of carbonyl (C=O) groups excluding carboxylic acids is 1. The van der Waals surface area contributed by atoms with Crippen LogP contribution in [-0.2, 0) is 9.59 Å². The number of carbonyl (C=O) groups is 2. The van der Waals surface area contributed by atoms with Crippen LogP contribution in [0, 0.1) is 11.5 Å². The fourth-order valence-electron chi connectivity index (χ4n) is 2.24. The second-order valence-electron chi connectivity index (χ2n) is 4.66. The van der Waals surface area contributed by atoms with Crippen LogP contribution in [0.25, 0.3) is 0 Å². The fraction of sp³-hybridized carbons (Fsp3) is 0.214. The Balaban J connectivity index is 1.75. The second kappa shape index (κ2) is 5.94. The monoisotopic (exact) mass is 333 g/mol. The van der Waals surface area contributed by atoms with Gasteiger partial charge in [0.15, 0.2) is 6.19 Å². The zero-order valence-corrected chi connectivity index (χ0v) is 12.9. The molecule has 2 atom stereocenters. The molecular formula is C14H11N3O3S2. The number of hydrogen-bond acceptors (Lipinski definition) is 6. The molecule has 0 aliphatic carbocycles. The van der Waals surface area contributed by atoms with Gasteiger partial charge in [0.05, 0.1) is 16.4 Å². The molecule has 6 nitrogen and oxygen atoms in total. The Kier molecular flexibility index (Phi) is 4.00. The zero-order chi connectivity index (χ0) is 15.7. The Hall–Kier alpha value is -2.11. The number of carboxylic acids is 1. The lowest BCUT2D eigenvalue weighted by molar-refractivity contribution is -0.146. The smallest absolute Gasteiger partial charge is 0.352 e. The van der Waals surface area contributed by atoms with Crippen molar-refractivity contribution in [1.29, 1.82) is 5.26 Å². The molecule has 0 aromatic heterocycles. The first-order chi connectivity index (χ1) is 10.6. The van der Waals surface area contributed by atoms with Gasteiger partial charge in [-0.15, -0.1) is 23.5 Å². The van der Waals surface area contributed by atoms with Gasteiger partial charge in [0, 0.05) is 10.6 Å². The zero-order valence-electron chi connectivity index (χ0n) is 11.2. The van der Waals surface area contributed by atoms with E-state index >= 15 is 0 Å². The third-order valence-electron chi connectivity index (χ3n) is 3.28. The van der Waals surface area contributed by atoms with E-state index in [1.54, 1.807) is 30.0 Å². The minimum atomic E-state index is -1.07. The summed E-state index contributed by atoms with van der Waals surface area (Å²) < 4.78 is -0.0600. The first-order valence-corrected chi connectivity index (χ1v) is 8.25. The molecule has 8 heteroatoms. The lowest BCUT2D eigenvalue weighted by Crippen LogP contribution is -2.53. The van der Waals surface area contributed by atoms with E-state index < -0.39 is 5.97 Å². The molecule has 1 unspecified atom stereocenters. The number of amides is 1. The van der Waals surface area contributed by atoms with Gasteiger partial charge in [0.2, 0.25) is 5.91 Å². The van der Waals surface area contributed by atoms with Gasteiger partial charge < -0.3 is 5.11 Å². The van der Waals surface area contributed by atoms with Crippen molar-refractivity contribution in [2.75, 3.05) is 5.32 Å². The van der Waals surface area contributed by atoms with Gasteiger partial charge in [-0.05, 0) is 30.3 Å². The average Bonchev–Trinajstić information content (AvgIpc) is 2.48. The maximum absolute atomic E-state index is 11.5. The maximum atomic E-state index is 11.5. The van der Waals surface area contributed by atoms with E-state index in [2.05, 4.69) is 5.32 Å². The Morgan fingerprint density at radius 1 is 1.45 bits per heavy atom. The van der Waals surface area contributed by atoms with Gasteiger partial charge in [-0.2, -0.15) is 5.26 Å². The molecule has 1 fully saturated rings. The van der Waals surface area contributed by atoms with Crippen LogP contribution in [0.2, 0.25) is 0 Å². The van der Waals surface area contributed by atoms with E-state index in [0.717, 1.165) is 4.90 Å². The molecule has 0 radical (unpaired) electrons. The van der Waals surface area contributed by atoms with Gasteiger partial charge in [0.1, 0.15) is 5.70 Å². The van der Waals surface area contributed by atoms with Crippen LogP contribution in [0.3, 0.4) is 0 Å². The lowest BCUT2D eigenvalue weighted by Gasteiger charge is -2.44. The molecule has 1 amide bonds. The number of β-lactam (4-membered cyclic amide) rings is 1. The van der Waals surface area contributed by atoms with Crippen molar-refractivity contribution in [3.05, 3.63) is 36.0 Å². The minimum Gasteiger partial charge on any atom is -0.477 e. The third kappa shape index (κ3) is 2.77. The molecule has 2 aliphatic rings. The van der Waals surface area contributed by atoms with Crippen molar-refractivity contribution < 1.29 is 14.7 Å². The van der Waals surface area contributed by atoms with Crippen LogP contribution in [0.15, 0.2) is 40.9 Å². The molecular weight excluding hydrogens is 322 g/mol. The van der Waals surface area contributed by atoms with Crippen LogP contribution in [0.4, 0.5) is 5.69 Å². The van der Waals surface area contributed by atoms with E-state index in [-0.39, 0.29) is 21.6 Å². The van der Waals surface area contributed by atoms with Gasteiger partial charge in [-0.1, -0.05) is 0 Å². The number of nitriles is 1. The number of hydrogen-bond donors (Lipinski definition) is 2. The highest BCUT2D eigenvalue weighted by Gasteiger charge is 2.45. The Morgan fingerprint density at radius 2 is 2.18 bits per heavy atom. The topological polar surface area (TPSA) is 93.4 Å². The predicted molar refractivity (Wildman–Crippen MR) is 83.9 cm³/mol. The number of nitrogens with zero attached hydrogens (tertiary/aromatic N) is 2. The molecule has 0 saturated carbocycles. The van der Waals surface area contributed by atoms with Gasteiger partial charge >= 0.3 is 5.97 Å². The van der Waals surface area contributed by atoms with Gasteiger partial charge in [0.25, 0.3) is 0 Å². The van der Waals surface area contributed by atoms with Crippen LogP contribution in [0.1, 0.15) is 6.42 Å². The Labute approximate surface area is 135 Å². The minimum absolute atomic E-state index is 0.0600. The van der Waals surface area contributed by atoms with Crippen molar-refractivity contribution in [3.8, 4) is 6.19 Å². The molecule has 22 heavy (non-hydrogen) atoms. The van der Waals surface area contributed by atoms with E-state index in [1.807, 2.05) is 18.3 Å². The van der Waals surface area contributed by atoms with E-state index in [0.29, 0.717) is 12.1 Å². The van der Waals surface area contributed by atoms with Crippen molar-refractivity contribution in [1.82, 2.24) is 4.90 Å². The molecule has 2 aliphatic heterocycles. The maximum Gasteiger partial charge on any atom is 0.352 e. The average molecular weight is 333 g/mol. The molecule has 1 aromatic rings. The molecule has 0 spiro atoms. The summed E-state index contributed by atoms with van der Waals surface area (Å²) in [6, 6.07) is 7.33. The van der Waals surface area contributed by atoms with Gasteiger partial charge in [-0.3, -0.25) is 15.0 Å².